The number of anilines is 1. The van der Waals surface area contributed by atoms with Crippen LogP contribution in [-0.2, 0) is 11.3 Å². The third kappa shape index (κ3) is 3.28. The average molecular weight is 287 g/mol. The first kappa shape index (κ1) is 14.8. The summed E-state index contributed by atoms with van der Waals surface area (Å²) in [5, 5.41) is 0. The van der Waals surface area contributed by atoms with Gasteiger partial charge in [0, 0.05) is 17.3 Å². The van der Waals surface area contributed by atoms with Crippen molar-refractivity contribution in [1.82, 2.24) is 9.97 Å². The Kier molecular flexibility index (Phi) is 4.37. The van der Waals surface area contributed by atoms with Gasteiger partial charge in [0.2, 0.25) is 0 Å². The molecule has 110 valence electrons. The smallest absolute Gasteiger partial charge is 0.357 e. The van der Waals surface area contributed by atoms with Crippen LogP contribution in [0.15, 0.2) is 24.5 Å². The Bertz CT molecular complexity index is 654. The highest BCUT2D eigenvalue weighted by Gasteiger charge is 2.13. The van der Waals surface area contributed by atoms with Gasteiger partial charge < -0.3 is 15.2 Å². The fraction of sp³-hybridized carbons (Fsp3) is 0.267. The summed E-state index contributed by atoms with van der Waals surface area (Å²) in [6.45, 7) is 3.85. The van der Waals surface area contributed by atoms with E-state index in [-0.39, 0.29) is 12.3 Å². The number of methoxy groups -OCH3 is 1. The molecule has 6 nitrogen and oxygen atoms in total. The van der Waals surface area contributed by atoms with Gasteiger partial charge in [-0.2, -0.15) is 0 Å². The number of hydrogen-bond acceptors (Lipinski definition) is 6. The second-order valence-electron chi connectivity index (χ2n) is 4.60. The molecule has 6 heteroatoms. The Morgan fingerprint density at radius 3 is 2.62 bits per heavy atom. The zero-order valence-electron chi connectivity index (χ0n) is 12.2. The molecule has 2 aromatic rings. The van der Waals surface area contributed by atoms with Crippen LogP contribution < -0.4 is 10.5 Å². The number of aryl methyl sites for hydroxylation is 1. The second-order valence-corrected chi connectivity index (χ2v) is 4.60. The molecule has 0 atom stereocenters. The molecule has 0 radical (unpaired) electrons. The second kappa shape index (κ2) is 6.21. The first-order valence-electron chi connectivity index (χ1n) is 6.40. The van der Waals surface area contributed by atoms with Crippen LogP contribution in [0, 0.1) is 13.8 Å². The van der Waals surface area contributed by atoms with E-state index >= 15 is 0 Å². The number of ether oxygens (including phenoxy) is 2. The first-order chi connectivity index (χ1) is 10.0. The van der Waals surface area contributed by atoms with Crippen LogP contribution in [0.4, 0.5) is 5.69 Å². The topological polar surface area (TPSA) is 87.3 Å². The van der Waals surface area contributed by atoms with E-state index < -0.39 is 5.97 Å². The third-order valence-electron chi connectivity index (χ3n) is 3.09. The van der Waals surface area contributed by atoms with E-state index in [0.29, 0.717) is 11.4 Å². The maximum Gasteiger partial charge on any atom is 0.357 e. The lowest BCUT2D eigenvalue weighted by Crippen LogP contribution is -2.09. The van der Waals surface area contributed by atoms with Gasteiger partial charge in [-0.15, -0.1) is 0 Å². The van der Waals surface area contributed by atoms with Gasteiger partial charge >= 0.3 is 5.97 Å². The lowest BCUT2D eigenvalue weighted by molar-refractivity contribution is 0.0460. The molecule has 0 spiro atoms. The molecule has 0 fully saturated rings. The molecule has 2 N–H and O–H groups in total. The summed E-state index contributed by atoms with van der Waals surface area (Å²) >= 11 is 0. The summed E-state index contributed by atoms with van der Waals surface area (Å²) in [5.74, 6) is 0.234. The number of carbonyl (C=O) groups is 1. The van der Waals surface area contributed by atoms with Crippen LogP contribution in [0.3, 0.4) is 0 Å². The number of esters is 1. The zero-order chi connectivity index (χ0) is 15.4. The number of pyridine rings is 2. The van der Waals surface area contributed by atoms with E-state index in [9.17, 15) is 4.79 Å². The highest BCUT2D eigenvalue weighted by Crippen LogP contribution is 2.24. The first-order valence-corrected chi connectivity index (χ1v) is 6.40. The molecule has 0 aromatic carbocycles. The number of carbonyl (C=O) groups excluding carboxylic acids is 1. The van der Waals surface area contributed by atoms with Gasteiger partial charge in [0.15, 0.2) is 0 Å². The molecule has 0 saturated heterocycles. The van der Waals surface area contributed by atoms with E-state index in [1.54, 1.807) is 19.4 Å². The third-order valence-corrected chi connectivity index (χ3v) is 3.09. The molecule has 21 heavy (non-hydrogen) atoms. The number of rotatable bonds is 4. The van der Waals surface area contributed by atoms with E-state index in [4.69, 9.17) is 15.2 Å². The highest BCUT2D eigenvalue weighted by molar-refractivity contribution is 5.87. The van der Waals surface area contributed by atoms with E-state index in [0.717, 1.165) is 16.9 Å². The molecule has 2 rings (SSSR count). The van der Waals surface area contributed by atoms with Gasteiger partial charge in [-0.3, -0.25) is 4.98 Å². The SMILES string of the molecule is COc1c(C)cnc(COC(=O)c2ccc(N)cn2)c1C. The van der Waals surface area contributed by atoms with Gasteiger partial charge in [-0.05, 0) is 26.0 Å². The Morgan fingerprint density at radius 2 is 2.00 bits per heavy atom. The molecular weight excluding hydrogens is 270 g/mol. The molecule has 0 aliphatic carbocycles. The molecule has 0 unspecified atom stereocenters. The molecule has 0 aliphatic heterocycles. The zero-order valence-corrected chi connectivity index (χ0v) is 12.2. The highest BCUT2D eigenvalue weighted by atomic mass is 16.5. The Labute approximate surface area is 122 Å². The van der Waals surface area contributed by atoms with Gasteiger partial charge in [0.25, 0.3) is 0 Å². The largest absolute Gasteiger partial charge is 0.496 e. The van der Waals surface area contributed by atoms with Crippen molar-refractivity contribution >= 4 is 11.7 Å². The van der Waals surface area contributed by atoms with Crippen LogP contribution in [0.2, 0.25) is 0 Å². The quantitative estimate of drug-likeness (QED) is 0.866. The van der Waals surface area contributed by atoms with Crippen LogP contribution in [0.5, 0.6) is 5.75 Å². The number of nitrogens with zero attached hydrogens (tertiary/aromatic N) is 2. The van der Waals surface area contributed by atoms with Crippen molar-refractivity contribution in [3.05, 3.63) is 47.0 Å². The van der Waals surface area contributed by atoms with Crippen molar-refractivity contribution < 1.29 is 14.3 Å². The molecule has 0 bridgehead atoms. The van der Waals surface area contributed by atoms with Gasteiger partial charge in [-0.1, -0.05) is 0 Å². The van der Waals surface area contributed by atoms with Crippen LogP contribution in [0.1, 0.15) is 27.3 Å². The van der Waals surface area contributed by atoms with E-state index in [1.165, 1.54) is 12.3 Å². The normalized spacial score (nSPS) is 10.2. The fourth-order valence-corrected chi connectivity index (χ4v) is 1.95. The predicted octanol–water partition coefficient (Wildman–Crippen LogP) is 2.04. The van der Waals surface area contributed by atoms with Crippen LogP contribution in [-0.4, -0.2) is 23.0 Å². The van der Waals surface area contributed by atoms with Crippen molar-refractivity contribution in [3.63, 3.8) is 0 Å². The minimum absolute atomic E-state index is 0.0629. The van der Waals surface area contributed by atoms with Crippen molar-refractivity contribution in [3.8, 4) is 5.75 Å². The van der Waals surface area contributed by atoms with Crippen molar-refractivity contribution in [2.24, 2.45) is 0 Å². The molecular formula is C15H17N3O3. The number of nitrogens with two attached hydrogens (primary N) is 1. The molecule has 2 heterocycles. The van der Waals surface area contributed by atoms with Gasteiger partial charge in [-0.25, -0.2) is 9.78 Å². The monoisotopic (exact) mass is 287 g/mol. The fourth-order valence-electron chi connectivity index (χ4n) is 1.95. The summed E-state index contributed by atoms with van der Waals surface area (Å²) in [7, 11) is 1.60. The maximum atomic E-state index is 11.9. The summed E-state index contributed by atoms with van der Waals surface area (Å²) in [6, 6.07) is 3.12. The molecule has 0 saturated carbocycles. The Hall–Kier alpha value is -2.63. The van der Waals surface area contributed by atoms with E-state index in [2.05, 4.69) is 9.97 Å². The lowest BCUT2D eigenvalue weighted by Gasteiger charge is -2.12. The minimum atomic E-state index is -0.518. The number of hydrogen-bond donors (Lipinski definition) is 1. The van der Waals surface area contributed by atoms with Crippen LogP contribution >= 0.6 is 0 Å². The lowest BCUT2D eigenvalue weighted by atomic mass is 10.1. The Balaban J connectivity index is 2.10. The summed E-state index contributed by atoms with van der Waals surface area (Å²) in [6.07, 6.45) is 3.10. The predicted molar refractivity (Wildman–Crippen MR) is 78.0 cm³/mol. The summed E-state index contributed by atoms with van der Waals surface area (Å²) in [4.78, 5) is 20.1. The van der Waals surface area contributed by atoms with Crippen molar-refractivity contribution in [1.29, 1.82) is 0 Å². The van der Waals surface area contributed by atoms with Crippen molar-refractivity contribution in [2.45, 2.75) is 20.5 Å². The molecule has 0 aliphatic rings. The summed E-state index contributed by atoms with van der Waals surface area (Å²) < 4.78 is 10.5. The van der Waals surface area contributed by atoms with Crippen LogP contribution in [0.25, 0.3) is 0 Å². The van der Waals surface area contributed by atoms with Crippen molar-refractivity contribution in [2.75, 3.05) is 12.8 Å². The van der Waals surface area contributed by atoms with Gasteiger partial charge in [0.1, 0.15) is 18.1 Å². The number of aromatic nitrogens is 2. The van der Waals surface area contributed by atoms with E-state index in [1.807, 2.05) is 13.8 Å². The number of nitrogen functional groups attached to an aromatic ring is 1. The Morgan fingerprint density at radius 1 is 1.24 bits per heavy atom. The summed E-state index contributed by atoms with van der Waals surface area (Å²) in [5.41, 5.74) is 8.67. The molecule has 0 amide bonds. The maximum absolute atomic E-state index is 11.9. The average Bonchev–Trinajstić information content (AvgIpc) is 2.47. The minimum Gasteiger partial charge on any atom is -0.496 e. The molecule has 2 aromatic heterocycles. The van der Waals surface area contributed by atoms with Gasteiger partial charge in [0.05, 0.1) is 24.7 Å². The standard InChI is InChI=1S/C15H17N3O3/c1-9-6-17-13(10(2)14(9)20-3)8-21-15(19)12-5-4-11(16)7-18-12/h4-7H,8,16H2,1-3H3.